The number of amides is 1. The maximum atomic E-state index is 13.1. The Bertz CT molecular complexity index is 994. The van der Waals surface area contributed by atoms with E-state index in [9.17, 15) is 9.90 Å². The molecule has 1 aromatic heterocycles. The number of imidazole rings is 1. The maximum absolute atomic E-state index is 13.1. The van der Waals surface area contributed by atoms with E-state index in [4.69, 9.17) is 0 Å². The number of carbonyl (C=O) groups excluding carboxylic acids is 1. The lowest BCUT2D eigenvalue weighted by Crippen LogP contribution is -2.34. The zero-order valence-electron chi connectivity index (χ0n) is 15.6. The molecule has 5 nitrogen and oxygen atoms in total. The van der Waals surface area contributed by atoms with E-state index in [1.54, 1.807) is 17.4 Å². The number of carbonyl (C=O) groups is 1. The van der Waals surface area contributed by atoms with Crippen molar-refractivity contribution in [1.82, 2.24) is 14.5 Å². The number of β-amino-alcohol motifs (C(OH)–C–C–N with tert-alkyl or cyclic N) is 1. The fourth-order valence-electron chi connectivity index (χ4n) is 3.91. The van der Waals surface area contributed by atoms with Gasteiger partial charge in [0.15, 0.2) is 0 Å². The molecule has 0 saturated carbocycles. The molecule has 0 bridgehead atoms. The van der Waals surface area contributed by atoms with Gasteiger partial charge < -0.3 is 14.6 Å². The van der Waals surface area contributed by atoms with Gasteiger partial charge in [-0.05, 0) is 36.6 Å². The maximum Gasteiger partial charge on any atom is 0.253 e. The van der Waals surface area contributed by atoms with Crippen molar-refractivity contribution in [3.63, 3.8) is 0 Å². The number of aliphatic hydroxyl groups is 1. The van der Waals surface area contributed by atoms with Gasteiger partial charge in [0.1, 0.15) is 5.60 Å². The van der Waals surface area contributed by atoms with Crippen LogP contribution in [0, 0.1) is 6.92 Å². The van der Waals surface area contributed by atoms with Crippen LogP contribution < -0.4 is 0 Å². The summed E-state index contributed by atoms with van der Waals surface area (Å²) in [7, 11) is 1.93. The summed E-state index contributed by atoms with van der Waals surface area (Å²) < 4.78 is 1.93. The van der Waals surface area contributed by atoms with Crippen molar-refractivity contribution in [2.45, 2.75) is 18.9 Å². The average Bonchev–Trinajstić information content (AvgIpc) is 3.28. The third-order valence-electron chi connectivity index (χ3n) is 5.40. The second-order valence-corrected chi connectivity index (χ2v) is 7.29. The predicted octanol–water partition coefficient (Wildman–Crippen LogP) is 3.13. The minimum Gasteiger partial charge on any atom is -0.383 e. The molecule has 5 heteroatoms. The standard InChI is InChI=1S/C22H23N3O2/c1-16-6-3-4-9-19(16)22(27)10-11-25(14-22)21(26)18-8-5-7-17(12-18)20-13-23-15-24(20)2/h3-9,12-13,15,27H,10-11,14H2,1-2H3/t22-/m0/s1. The van der Waals surface area contributed by atoms with E-state index in [1.807, 2.05) is 67.1 Å². The number of nitrogens with zero attached hydrogens (tertiary/aromatic N) is 3. The summed E-state index contributed by atoms with van der Waals surface area (Å²) in [5, 5.41) is 11.1. The van der Waals surface area contributed by atoms with Crippen molar-refractivity contribution >= 4 is 5.91 Å². The Morgan fingerprint density at radius 1 is 1.19 bits per heavy atom. The van der Waals surface area contributed by atoms with Crippen molar-refractivity contribution in [2.75, 3.05) is 13.1 Å². The number of hydrogen-bond acceptors (Lipinski definition) is 3. The summed E-state index contributed by atoms with van der Waals surface area (Å²) in [6.45, 7) is 2.85. The molecule has 0 spiro atoms. The summed E-state index contributed by atoms with van der Waals surface area (Å²) in [4.78, 5) is 18.9. The summed E-state index contributed by atoms with van der Waals surface area (Å²) in [5.41, 5.74) is 3.51. The van der Waals surface area contributed by atoms with E-state index in [-0.39, 0.29) is 5.91 Å². The Hall–Kier alpha value is -2.92. The quantitative estimate of drug-likeness (QED) is 0.780. The largest absolute Gasteiger partial charge is 0.383 e. The number of rotatable bonds is 3. The van der Waals surface area contributed by atoms with E-state index >= 15 is 0 Å². The third-order valence-corrected chi connectivity index (χ3v) is 5.40. The van der Waals surface area contributed by atoms with Crippen LogP contribution in [0.5, 0.6) is 0 Å². The lowest BCUT2D eigenvalue weighted by molar-refractivity contribution is 0.0412. The highest BCUT2D eigenvalue weighted by Crippen LogP contribution is 2.34. The monoisotopic (exact) mass is 361 g/mol. The Morgan fingerprint density at radius 3 is 2.74 bits per heavy atom. The molecule has 0 radical (unpaired) electrons. The van der Waals surface area contributed by atoms with Gasteiger partial charge in [-0.2, -0.15) is 0 Å². The second kappa shape index (κ2) is 6.67. The van der Waals surface area contributed by atoms with Crippen LogP contribution >= 0.6 is 0 Å². The molecule has 2 heterocycles. The fraction of sp³-hybridized carbons (Fsp3) is 0.273. The first kappa shape index (κ1) is 17.5. The molecule has 2 aromatic carbocycles. The number of aryl methyl sites for hydroxylation is 2. The van der Waals surface area contributed by atoms with Crippen LogP contribution in [-0.4, -0.2) is 38.6 Å². The first-order valence-electron chi connectivity index (χ1n) is 9.12. The summed E-state index contributed by atoms with van der Waals surface area (Å²) in [5.74, 6) is -0.0523. The molecule has 1 atom stereocenters. The van der Waals surface area contributed by atoms with Crippen molar-refractivity contribution in [2.24, 2.45) is 7.05 Å². The Morgan fingerprint density at radius 2 is 2.00 bits per heavy atom. The van der Waals surface area contributed by atoms with Gasteiger partial charge in [-0.25, -0.2) is 4.98 Å². The minimum absolute atomic E-state index is 0.0523. The van der Waals surface area contributed by atoms with E-state index in [0.717, 1.165) is 22.4 Å². The van der Waals surface area contributed by atoms with E-state index in [2.05, 4.69) is 4.98 Å². The van der Waals surface area contributed by atoms with Gasteiger partial charge in [-0.3, -0.25) is 4.79 Å². The molecule has 1 aliphatic heterocycles. The lowest BCUT2D eigenvalue weighted by atomic mass is 9.89. The molecule has 4 rings (SSSR count). The average molecular weight is 361 g/mol. The van der Waals surface area contributed by atoms with Crippen LogP contribution in [0.1, 0.15) is 27.9 Å². The summed E-state index contributed by atoms with van der Waals surface area (Å²) >= 11 is 0. The highest BCUT2D eigenvalue weighted by molar-refractivity contribution is 5.95. The Labute approximate surface area is 158 Å². The zero-order valence-corrected chi connectivity index (χ0v) is 15.6. The molecule has 3 aromatic rings. The number of benzene rings is 2. The van der Waals surface area contributed by atoms with E-state index in [0.29, 0.717) is 25.1 Å². The SMILES string of the molecule is Cc1ccccc1[C@]1(O)CCN(C(=O)c2cccc(-c3cncn3C)c2)C1. The van der Waals surface area contributed by atoms with Crippen LogP contribution in [0.15, 0.2) is 61.1 Å². The first-order chi connectivity index (χ1) is 13.0. The molecule has 27 heavy (non-hydrogen) atoms. The summed E-state index contributed by atoms with van der Waals surface area (Å²) in [6.07, 6.45) is 4.08. The molecule has 1 N–H and O–H groups in total. The molecular formula is C22H23N3O2. The van der Waals surface area contributed by atoms with Crippen LogP contribution in [0.25, 0.3) is 11.3 Å². The fourth-order valence-corrected chi connectivity index (χ4v) is 3.91. The third kappa shape index (κ3) is 3.15. The van der Waals surface area contributed by atoms with Gasteiger partial charge >= 0.3 is 0 Å². The molecular weight excluding hydrogens is 338 g/mol. The topological polar surface area (TPSA) is 58.4 Å². The number of aromatic nitrogens is 2. The van der Waals surface area contributed by atoms with Crippen molar-refractivity contribution in [1.29, 1.82) is 0 Å². The normalized spacial score (nSPS) is 19.4. The van der Waals surface area contributed by atoms with Gasteiger partial charge in [0.25, 0.3) is 5.91 Å². The van der Waals surface area contributed by atoms with Gasteiger partial charge in [0.05, 0.1) is 24.8 Å². The Kier molecular flexibility index (Phi) is 4.32. The highest BCUT2D eigenvalue weighted by atomic mass is 16.3. The molecule has 1 aliphatic rings. The number of hydrogen-bond donors (Lipinski definition) is 1. The lowest BCUT2D eigenvalue weighted by Gasteiger charge is -2.25. The molecule has 1 amide bonds. The molecule has 1 fully saturated rings. The highest BCUT2D eigenvalue weighted by Gasteiger charge is 2.40. The molecule has 1 saturated heterocycles. The summed E-state index contributed by atoms with van der Waals surface area (Å²) in [6, 6.07) is 15.4. The molecule has 0 aliphatic carbocycles. The first-order valence-corrected chi connectivity index (χ1v) is 9.12. The van der Waals surface area contributed by atoms with Gasteiger partial charge in [-0.15, -0.1) is 0 Å². The van der Waals surface area contributed by atoms with E-state index < -0.39 is 5.60 Å². The van der Waals surface area contributed by atoms with Crippen LogP contribution in [0.2, 0.25) is 0 Å². The Balaban J connectivity index is 1.58. The minimum atomic E-state index is -0.985. The van der Waals surface area contributed by atoms with Gasteiger partial charge in [0, 0.05) is 24.7 Å². The predicted molar refractivity (Wildman–Crippen MR) is 104 cm³/mol. The molecule has 0 unspecified atom stereocenters. The van der Waals surface area contributed by atoms with Crippen LogP contribution in [0.3, 0.4) is 0 Å². The van der Waals surface area contributed by atoms with Crippen molar-refractivity contribution < 1.29 is 9.90 Å². The van der Waals surface area contributed by atoms with Crippen molar-refractivity contribution in [3.8, 4) is 11.3 Å². The van der Waals surface area contributed by atoms with E-state index in [1.165, 1.54) is 0 Å². The second-order valence-electron chi connectivity index (χ2n) is 7.29. The smallest absolute Gasteiger partial charge is 0.253 e. The van der Waals surface area contributed by atoms with Gasteiger partial charge in [0.2, 0.25) is 0 Å². The molecule has 138 valence electrons. The van der Waals surface area contributed by atoms with Crippen molar-refractivity contribution in [3.05, 3.63) is 77.7 Å². The number of likely N-dealkylation sites (tertiary alicyclic amines) is 1. The van der Waals surface area contributed by atoms with Crippen LogP contribution in [-0.2, 0) is 12.6 Å². The van der Waals surface area contributed by atoms with Gasteiger partial charge in [-0.1, -0.05) is 36.4 Å². The zero-order chi connectivity index (χ0) is 19.0. The van der Waals surface area contributed by atoms with Crippen LogP contribution in [0.4, 0.5) is 0 Å².